The lowest BCUT2D eigenvalue weighted by molar-refractivity contribution is -0.157. The first kappa shape index (κ1) is 30.1. The van der Waals surface area contributed by atoms with Crippen LogP contribution < -0.4 is 10.6 Å². The second kappa shape index (κ2) is 12.3. The van der Waals surface area contributed by atoms with Crippen molar-refractivity contribution >= 4 is 29.4 Å². The fourth-order valence-corrected chi connectivity index (χ4v) is 4.79. The summed E-state index contributed by atoms with van der Waals surface area (Å²) in [6.45, 7) is 9.19. The highest BCUT2D eigenvalue weighted by Crippen LogP contribution is 2.39. The first-order valence-electron chi connectivity index (χ1n) is 13.6. The first-order valence-corrected chi connectivity index (χ1v) is 14.0. The number of aromatic nitrogens is 3. The van der Waals surface area contributed by atoms with Crippen LogP contribution in [0.1, 0.15) is 71.0 Å². The molecule has 1 aromatic heterocycles. The minimum Gasteiger partial charge on any atom is -0.461 e. The molecule has 9 nitrogen and oxygen atoms in total. The largest absolute Gasteiger partial charge is 0.461 e. The van der Waals surface area contributed by atoms with Gasteiger partial charge in [0.25, 0.3) is 0 Å². The Kier molecular flexibility index (Phi) is 9.06. The van der Waals surface area contributed by atoms with Gasteiger partial charge in [-0.2, -0.15) is 15.0 Å². The number of rotatable bonds is 9. The minimum atomic E-state index is -1.76. The summed E-state index contributed by atoms with van der Waals surface area (Å²) in [6.07, 6.45) is 2.44. The molecular weight excluding hydrogens is 545 g/mol. The van der Waals surface area contributed by atoms with Crippen LogP contribution in [0, 0.1) is 11.2 Å². The summed E-state index contributed by atoms with van der Waals surface area (Å²) in [5, 5.41) is 14.0. The predicted octanol–water partition coefficient (Wildman–Crippen LogP) is 5.80. The number of esters is 1. The van der Waals surface area contributed by atoms with Gasteiger partial charge in [-0.3, -0.25) is 5.32 Å². The number of hydrogen-bond donors (Lipinski definition) is 2. The number of thiocarbonyl (C=S) groups is 1. The molecule has 1 atom stereocenters. The van der Waals surface area contributed by atoms with E-state index in [4.69, 9.17) is 21.7 Å². The summed E-state index contributed by atoms with van der Waals surface area (Å²) >= 11 is 5.44. The van der Waals surface area contributed by atoms with E-state index in [2.05, 4.69) is 20.8 Å². The SMILES string of the molecule is CC(C)OC(=O)[C@](CC(C)(C)C)(NC(=S)NC(=O)OCc1ccccc1)c1ccc(-c2cnn(C3CC3)n2)cc1F. The van der Waals surface area contributed by atoms with Gasteiger partial charge in [0.1, 0.15) is 18.1 Å². The zero-order chi connectivity index (χ0) is 29.8. The molecule has 2 N–H and O–H groups in total. The van der Waals surface area contributed by atoms with Crippen LogP contribution in [-0.4, -0.2) is 38.3 Å². The van der Waals surface area contributed by atoms with Crippen LogP contribution in [0.4, 0.5) is 9.18 Å². The highest BCUT2D eigenvalue weighted by Gasteiger charge is 2.48. The lowest BCUT2D eigenvalue weighted by atomic mass is 9.75. The molecular formula is C30H36FN5O4S. The lowest BCUT2D eigenvalue weighted by Gasteiger charge is -2.39. The van der Waals surface area contributed by atoms with Gasteiger partial charge >= 0.3 is 12.1 Å². The van der Waals surface area contributed by atoms with Crippen molar-refractivity contribution in [3.63, 3.8) is 0 Å². The molecule has 0 aliphatic heterocycles. The Balaban J connectivity index is 1.64. The Labute approximate surface area is 244 Å². The molecule has 0 radical (unpaired) electrons. The molecule has 218 valence electrons. The summed E-state index contributed by atoms with van der Waals surface area (Å²) in [6, 6.07) is 14.0. The number of nitrogens with one attached hydrogen (secondary N) is 2. The van der Waals surface area contributed by atoms with Crippen molar-refractivity contribution in [1.29, 1.82) is 0 Å². The molecule has 0 saturated heterocycles. The standard InChI is InChI=1S/C30H36FN5O4S/c1-19(2)40-26(37)30(18-29(3,4)5,34-27(41)33-28(38)39-17-20-9-7-6-8-10-20)23-14-11-21(15-24(23)31)25-16-32-36(35-25)22-12-13-22/h6-11,14-16,19,22H,12-13,17-18H2,1-5H3,(H2,33,34,38,41)/t30-/m1/s1. The summed E-state index contributed by atoms with van der Waals surface area (Å²) in [5.74, 6) is -1.38. The Hall–Kier alpha value is -3.86. The second-order valence-corrected chi connectivity index (χ2v) is 12.1. The van der Waals surface area contributed by atoms with Gasteiger partial charge < -0.3 is 14.8 Å². The fraction of sp³-hybridized carbons (Fsp3) is 0.433. The third-order valence-corrected chi connectivity index (χ3v) is 6.55. The molecule has 3 aromatic rings. The van der Waals surface area contributed by atoms with Crippen LogP contribution >= 0.6 is 12.2 Å². The van der Waals surface area contributed by atoms with Crippen molar-refractivity contribution in [1.82, 2.24) is 25.6 Å². The highest BCUT2D eigenvalue weighted by atomic mass is 32.1. The van der Waals surface area contributed by atoms with Gasteiger partial charge in [0.15, 0.2) is 10.7 Å². The molecule has 1 saturated carbocycles. The number of nitrogens with zero attached hydrogens (tertiary/aromatic N) is 3. The van der Waals surface area contributed by atoms with Crippen molar-refractivity contribution in [2.45, 2.75) is 78.2 Å². The smallest absolute Gasteiger partial charge is 0.413 e. The van der Waals surface area contributed by atoms with E-state index in [0.717, 1.165) is 18.4 Å². The van der Waals surface area contributed by atoms with Gasteiger partial charge in [0, 0.05) is 11.1 Å². The number of halogens is 1. The molecule has 1 aliphatic rings. The minimum absolute atomic E-state index is 0.0261. The number of ether oxygens (including phenoxy) is 2. The van der Waals surface area contributed by atoms with Crippen molar-refractivity contribution in [3.05, 3.63) is 71.7 Å². The second-order valence-electron chi connectivity index (χ2n) is 11.7. The first-order chi connectivity index (χ1) is 19.4. The molecule has 4 rings (SSSR count). The van der Waals surface area contributed by atoms with Crippen LogP contribution in [0.15, 0.2) is 54.7 Å². The monoisotopic (exact) mass is 581 g/mol. The molecule has 0 bridgehead atoms. The summed E-state index contributed by atoms with van der Waals surface area (Å²) in [4.78, 5) is 28.0. The van der Waals surface area contributed by atoms with Crippen LogP contribution in [0.2, 0.25) is 0 Å². The van der Waals surface area contributed by atoms with Crippen molar-refractivity contribution in [2.24, 2.45) is 5.41 Å². The van der Waals surface area contributed by atoms with E-state index in [0.29, 0.717) is 11.3 Å². The molecule has 0 unspecified atom stereocenters. The Bertz CT molecular complexity index is 1400. The average molecular weight is 582 g/mol. The van der Waals surface area contributed by atoms with Crippen molar-refractivity contribution in [3.8, 4) is 11.3 Å². The van der Waals surface area contributed by atoms with E-state index < -0.39 is 34.9 Å². The van der Waals surface area contributed by atoms with Crippen LogP contribution in [0.3, 0.4) is 0 Å². The maximum atomic E-state index is 16.0. The third kappa shape index (κ3) is 7.87. The zero-order valence-corrected chi connectivity index (χ0v) is 24.8. The molecule has 11 heteroatoms. The van der Waals surface area contributed by atoms with Gasteiger partial charge in [0.2, 0.25) is 0 Å². The maximum Gasteiger partial charge on any atom is 0.413 e. The summed E-state index contributed by atoms with van der Waals surface area (Å²) in [5.41, 5.74) is -0.392. The van der Waals surface area contributed by atoms with Gasteiger partial charge in [-0.05, 0) is 62.4 Å². The highest BCUT2D eigenvalue weighted by molar-refractivity contribution is 7.80. The summed E-state index contributed by atoms with van der Waals surface area (Å²) in [7, 11) is 0. The van der Waals surface area contributed by atoms with E-state index in [1.54, 1.807) is 30.9 Å². The van der Waals surface area contributed by atoms with E-state index >= 15 is 4.39 Å². The Morgan fingerprint density at radius 3 is 2.46 bits per heavy atom. The quantitative estimate of drug-likeness (QED) is 0.241. The van der Waals surface area contributed by atoms with E-state index in [-0.39, 0.29) is 29.7 Å². The van der Waals surface area contributed by atoms with Gasteiger partial charge in [-0.25, -0.2) is 14.0 Å². The maximum absolute atomic E-state index is 16.0. The van der Waals surface area contributed by atoms with Crippen molar-refractivity contribution < 1.29 is 23.5 Å². The number of carbonyl (C=O) groups excluding carboxylic acids is 2. The predicted molar refractivity (Wildman–Crippen MR) is 156 cm³/mol. The summed E-state index contributed by atoms with van der Waals surface area (Å²) < 4.78 is 27.0. The zero-order valence-electron chi connectivity index (χ0n) is 23.9. The van der Waals surface area contributed by atoms with Crippen LogP contribution in [0.5, 0.6) is 0 Å². The average Bonchev–Trinajstić information content (AvgIpc) is 3.62. The molecule has 1 aliphatic carbocycles. The van der Waals surface area contributed by atoms with Gasteiger partial charge in [-0.15, -0.1) is 0 Å². The topological polar surface area (TPSA) is 107 Å². The molecule has 1 heterocycles. The number of hydrogen-bond acceptors (Lipinski definition) is 7. The molecule has 2 aromatic carbocycles. The third-order valence-electron chi connectivity index (χ3n) is 6.35. The number of alkyl carbamates (subject to hydrolysis) is 1. The van der Waals surface area contributed by atoms with Crippen LogP contribution in [0.25, 0.3) is 11.3 Å². The molecule has 1 fully saturated rings. The molecule has 1 amide bonds. The van der Waals surface area contributed by atoms with E-state index in [1.807, 2.05) is 51.1 Å². The van der Waals surface area contributed by atoms with E-state index in [9.17, 15) is 9.59 Å². The van der Waals surface area contributed by atoms with Gasteiger partial charge in [-0.1, -0.05) is 63.2 Å². The molecule has 41 heavy (non-hydrogen) atoms. The lowest BCUT2D eigenvalue weighted by Crippen LogP contribution is -2.58. The van der Waals surface area contributed by atoms with Crippen molar-refractivity contribution in [2.75, 3.05) is 0 Å². The fourth-order valence-electron chi connectivity index (χ4n) is 4.54. The number of carbonyl (C=O) groups is 2. The van der Waals surface area contributed by atoms with E-state index in [1.165, 1.54) is 12.1 Å². The Morgan fingerprint density at radius 1 is 1.15 bits per heavy atom. The Morgan fingerprint density at radius 2 is 1.85 bits per heavy atom. The number of amides is 1. The van der Waals surface area contributed by atoms with Crippen LogP contribution in [-0.2, 0) is 26.4 Å². The van der Waals surface area contributed by atoms with Gasteiger partial charge in [0.05, 0.1) is 18.3 Å². The number of benzene rings is 2. The normalized spacial score (nSPS) is 14.7. The molecule has 0 spiro atoms.